The molecule has 0 unspecified atom stereocenters. The molecule has 0 heterocycles. The van der Waals surface area contributed by atoms with Gasteiger partial charge in [-0.25, -0.2) is 0 Å². The summed E-state index contributed by atoms with van der Waals surface area (Å²) >= 11 is 0. The molecule has 0 saturated heterocycles. The van der Waals surface area contributed by atoms with E-state index in [-0.39, 0.29) is 36.9 Å². The predicted octanol–water partition coefficient (Wildman–Crippen LogP) is 2.86. The van der Waals surface area contributed by atoms with E-state index in [1.165, 1.54) is 20.3 Å². The fourth-order valence-corrected chi connectivity index (χ4v) is 2.40. The highest BCUT2D eigenvalue weighted by Gasteiger charge is 2.14. The van der Waals surface area contributed by atoms with E-state index in [0.29, 0.717) is 34.2 Å². The summed E-state index contributed by atoms with van der Waals surface area (Å²) in [7, 11) is 2.99. The number of nitrogens with two attached hydrogens (primary N) is 1. The number of rotatable bonds is 8. The van der Waals surface area contributed by atoms with Crippen LogP contribution in [-0.4, -0.2) is 38.7 Å². The third-order valence-electron chi connectivity index (χ3n) is 3.74. The minimum Gasteiger partial charge on any atom is -0.497 e. The molecule has 8 nitrogen and oxygen atoms in total. The standard InChI is InChI=1S/C20H25N3O5.ClH/c1-12(2)22-19(24)11-28-17-8-5-13(9-18(17)27-4)20(25)23-16-10-14(26-3)6-7-15(16)21;/h5-10,12H,11,21H2,1-4H3,(H,22,24)(H,23,25);1H. The Morgan fingerprint density at radius 2 is 1.76 bits per heavy atom. The first-order valence-electron chi connectivity index (χ1n) is 8.69. The van der Waals surface area contributed by atoms with Crippen molar-refractivity contribution in [3.05, 3.63) is 42.0 Å². The van der Waals surface area contributed by atoms with Crippen LogP contribution < -0.4 is 30.6 Å². The van der Waals surface area contributed by atoms with Crippen molar-refractivity contribution >= 4 is 35.6 Å². The van der Waals surface area contributed by atoms with Crippen molar-refractivity contribution in [3.63, 3.8) is 0 Å². The molecular weight excluding hydrogens is 398 g/mol. The summed E-state index contributed by atoms with van der Waals surface area (Å²) in [6, 6.07) is 9.68. The average Bonchev–Trinajstić information content (AvgIpc) is 2.67. The summed E-state index contributed by atoms with van der Waals surface area (Å²) in [6.07, 6.45) is 0. The van der Waals surface area contributed by atoms with Crippen LogP contribution in [0, 0.1) is 0 Å². The molecule has 4 N–H and O–H groups in total. The molecule has 0 spiro atoms. The first-order valence-corrected chi connectivity index (χ1v) is 8.69. The van der Waals surface area contributed by atoms with E-state index in [9.17, 15) is 9.59 Å². The van der Waals surface area contributed by atoms with Crippen LogP contribution in [0.5, 0.6) is 17.2 Å². The van der Waals surface area contributed by atoms with Gasteiger partial charge in [-0.3, -0.25) is 9.59 Å². The minimum atomic E-state index is -0.373. The van der Waals surface area contributed by atoms with E-state index in [4.69, 9.17) is 19.9 Å². The molecule has 2 aromatic carbocycles. The SMILES string of the molecule is COc1ccc(N)c(NC(=O)c2ccc(OCC(=O)NC(C)C)c(OC)c2)c1.Cl. The average molecular weight is 424 g/mol. The summed E-state index contributed by atoms with van der Waals surface area (Å²) in [5.41, 5.74) is 7.10. The van der Waals surface area contributed by atoms with Crippen LogP contribution in [0.3, 0.4) is 0 Å². The maximum absolute atomic E-state index is 12.6. The van der Waals surface area contributed by atoms with Gasteiger partial charge >= 0.3 is 0 Å². The van der Waals surface area contributed by atoms with E-state index in [0.717, 1.165) is 0 Å². The van der Waals surface area contributed by atoms with Gasteiger partial charge in [0.25, 0.3) is 11.8 Å². The van der Waals surface area contributed by atoms with Gasteiger partial charge in [-0.2, -0.15) is 0 Å². The number of hydrogen-bond donors (Lipinski definition) is 3. The number of nitrogens with one attached hydrogen (secondary N) is 2. The summed E-state index contributed by atoms with van der Waals surface area (Å²) in [6.45, 7) is 3.57. The highest BCUT2D eigenvalue weighted by Crippen LogP contribution is 2.29. The highest BCUT2D eigenvalue weighted by molar-refractivity contribution is 6.06. The van der Waals surface area contributed by atoms with Gasteiger partial charge in [-0.1, -0.05) is 0 Å². The van der Waals surface area contributed by atoms with Crippen LogP contribution in [0.4, 0.5) is 11.4 Å². The number of carbonyl (C=O) groups is 2. The molecule has 29 heavy (non-hydrogen) atoms. The monoisotopic (exact) mass is 423 g/mol. The Hall–Kier alpha value is -3.13. The number of amides is 2. The minimum absolute atomic E-state index is 0. The Morgan fingerprint density at radius 1 is 1.03 bits per heavy atom. The van der Waals surface area contributed by atoms with Crippen LogP contribution in [0.15, 0.2) is 36.4 Å². The topological polar surface area (TPSA) is 112 Å². The first kappa shape index (κ1) is 23.9. The number of ether oxygens (including phenoxy) is 3. The largest absolute Gasteiger partial charge is 0.497 e. The lowest BCUT2D eigenvalue weighted by atomic mass is 10.1. The summed E-state index contributed by atoms with van der Waals surface area (Å²) in [4.78, 5) is 24.3. The van der Waals surface area contributed by atoms with E-state index in [1.54, 1.807) is 30.3 Å². The van der Waals surface area contributed by atoms with Crippen LogP contribution >= 0.6 is 12.4 Å². The molecule has 0 aliphatic heterocycles. The first-order chi connectivity index (χ1) is 13.3. The van der Waals surface area contributed by atoms with Crippen molar-refractivity contribution in [2.75, 3.05) is 31.9 Å². The van der Waals surface area contributed by atoms with Gasteiger partial charge in [-0.05, 0) is 44.2 Å². The van der Waals surface area contributed by atoms with Gasteiger partial charge in [0.2, 0.25) is 0 Å². The van der Waals surface area contributed by atoms with Crippen LogP contribution in [-0.2, 0) is 4.79 Å². The van der Waals surface area contributed by atoms with Crippen LogP contribution in [0.25, 0.3) is 0 Å². The molecule has 0 aliphatic carbocycles. The molecule has 9 heteroatoms. The molecule has 0 saturated carbocycles. The number of hydrogen-bond acceptors (Lipinski definition) is 6. The number of nitrogen functional groups attached to an aromatic ring is 1. The number of halogens is 1. The summed E-state index contributed by atoms with van der Waals surface area (Å²) in [5, 5.41) is 5.47. The van der Waals surface area contributed by atoms with Crippen molar-refractivity contribution in [2.45, 2.75) is 19.9 Å². The van der Waals surface area contributed by atoms with Crippen molar-refractivity contribution in [2.24, 2.45) is 0 Å². The molecule has 0 bridgehead atoms. The Labute approximate surface area is 176 Å². The quantitative estimate of drug-likeness (QED) is 0.563. The van der Waals surface area contributed by atoms with Gasteiger partial charge in [0, 0.05) is 17.7 Å². The van der Waals surface area contributed by atoms with E-state index in [1.807, 2.05) is 13.8 Å². The van der Waals surface area contributed by atoms with Crippen molar-refractivity contribution in [1.29, 1.82) is 0 Å². The molecule has 0 radical (unpaired) electrons. The fraction of sp³-hybridized carbons (Fsp3) is 0.300. The fourth-order valence-electron chi connectivity index (χ4n) is 2.40. The van der Waals surface area contributed by atoms with Crippen molar-refractivity contribution < 1.29 is 23.8 Å². The van der Waals surface area contributed by atoms with E-state index in [2.05, 4.69) is 10.6 Å². The number of anilines is 2. The van der Waals surface area contributed by atoms with Gasteiger partial charge in [0.05, 0.1) is 25.6 Å². The predicted molar refractivity (Wildman–Crippen MR) is 114 cm³/mol. The Kier molecular flexibility index (Phi) is 9.08. The van der Waals surface area contributed by atoms with E-state index < -0.39 is 0 Å². The third-order valence-corrected chi connectivity index (χ3v) is 3.74. The zero-order valence-corrected chi connectivity index (χ0v) is 17.6. The third kappa shape index (κ3) is 6.76. The molecular formula is C20H26ClN3O5. The molecule has 0 fully saturated rings. The Balaban J connectivity index is 0.00000420. The Morgan fingerprint density at radius 3 is 2.38 bits per heavy atom. The summed E-state index contributed by atoms with van der Waals surface area (Å²) < 4.78 is 15.9. The lowest BCUT2D eigenvalue weighted by molar-refractivity contribution is -0.123. The molecule has 2 amide bonds. The smallest absolute Gasteiger partial charge is 0.258 e. The highest BCUT2D eigenvalue weighted by atomic mass is 35.5. The molecule has 158 valence electrons. The van der Waals surface area contributed by atoms with Gasteiger partial charge in [0.15, 0.2) is 18.1 Å². The van der Waals surface area contributed by atoms with Crippen molar-refractivity contribution in [3.8, 4) is 17.2 Å². The van der Waals surface area contributed by atoms with Gasteiger partial charge < -0.3 is 30.6 Å². The summed E-state index contributed by atoms with van der Waals surface area (Å²) in [5.74, 6) is 0.655. The number of methoxy groups -OCH3 is 2. The zero-order valence-electron chi connectivity index (χ0n) is 16.8. The lowest BCUT2D eigenvalue weighted by Gasteiger charge is -2.14. The second kappa shape index (κ2) is 11.0. The second-order valence-electron chi connectivity index (χ2n) is 6.28. The maximum Gasteiger partial charge on any atom is 0.258 e. The molecule has 0 aliphatic rings. The number of benzene rings is 2. The molecule has 2 aromatic rings. The number of carbonyl (C=O) groups excluding carboxylic acids is 2. The van der Waals surface area contributed by atoms with Crippen LogP contribution in [0.2, 0.25) is 0 Å². The maximum atomic E-state index is 12.6. The Bertz CT molecular complexity index is 858. The molecule has 2 rings (SSSR count). The second-order valence-corrected chi connectivity index (χ2v) is 6.28. The van der Waals surface area contributed by atoms with Gasteiger partial charge in [0.1, 0.15) is 5.75 Å². The van der Waals surface area contributed by atoms with Crippen molar-refractivity contribution in [1.82, 2.24) is 5.32 Å². The zero-order chi connectivity index (χ0) is 20.7. The lowest BCUT2D eigenvalue weighted by Crippen LogP contribution is -2.34. The van der Waals surface area contributed by atoms with Gasteiger partial charge in [-0.15, -0.1) is 12.4 Å². The van der Waals surface area contributed by atoms with E-state index >= 15 is 0 Å². The molecule has 0 aromatic heterocycles. The van der Waals surface area contributed by atoms with Crippen LogP contribution in [0.1, 0.15) is 24.2 Å². The molecule has 0 atom stereocenters. The normalized spacial score (nSPS) is 9.97.